The molecular weight excluding hydrogens is 340 g/mol. The fourth-order valence-electron chi connectivity index (χ4n) is 2.45. The van der Waals surface area contributed by atoms with E-state index in [2.05, 4.69) is 22.1 Å². The van der Waals surface area contributed by atoms with E-state index in [-0.39, 0.29) is 19.1 Å². The highest BCUT2D eigenvalue weighted by Gasteiger charge is 2.13. The molecule has 3 rings (SSSR count). The van der Waals surface area contributed by atoms with Gasteiger partial charge >= 0.3 is 0 Å². The summed E-state index contributed by atoms with van der Waals surface area (Å²) in [7, 11) is 0. The molecule has 5 heteroatoms. The predicted octanol–water partition coefficient (Wildman–Crippen LogP) is 3.20. The van der Waals surface area contributed by atoms with E-state index >= 15 is 0 Å². The summed E-state index contributed by atoms with van der Waals surface area (Å²) < 4.78 is 11.2. The molecule has 0 fully saturated rings. The highest BCUT2D eigenvalue weighted by atomic mass is 16.5. The van der Waals surface area contributed by atoms with Crippen molar-refractivity contribution >= 4 is 16.8 Å². The summed E-state index contributed by atoms with van der Waals surface area (Å²) in [5, 5.41) is 3.74. The van der Waals surface area contributed by atoms with Crippen LogP contribution in [0.15, 0.2) is 66.9 Å². The molecule has 0 saturated carbocycles. The molecule has 1 atom stereocenters. The molecule has 0 aliphatic heterocycles. The van der Waals surface area contributed by atoms with Crippen molar-refractivity contribution in [3.05, 3.63) is 66.9 Å². The molecule has 0 aliphatic carbocycles. The van der Waals surface area contributed by atoms with E-state index < -0.39 is 6.10 Å². The first-order chi connectivity index (χ1) is 13.2. The maximum absolute atomic E-state index is 12.0. The van der Waals surface area contributed by atoms with E-state index in [0.29, 0.717) is 11.5 Å². The van der Waals surface area contributed by atoms with Crippen molar-refractivity contribution in [2.24, 2.45) is 0 Å². The lowest BCUT2D eigenvalue weighted by molar-refractivity contribution is -0.126. The van der Waals surface area contributed by atoms with Gasteiger partial charge in [0.2, 0.25) is 0 Å². The summed E-state index contributed by atoms with van der Waals surface area (Å²) in [4.78, 5) is 16.3. The van der Waals surface area contributed by atoms with Crippen LogP contribution in [-0.4, -0.2) is 30.1 Å². The van der Waals surface area contributed by atoms with Gasteiger partial charge in [-0.15, -0.1) is 0 Å². The van der Waals surface area contributed by atoms with Crippen LogP contribution in [0.4, 0.5) is 0 Å². The Morgan fingerprint density at radius 2 is 1.89 bits per heavy atom. The zero-order valence-electron chi connectivity index (χ0n) is 15.0. The number of para-hydroxylation sites is 2. The smallest absolute Gasteiger partial charge is 0.261 e. The van der Waals surface area contributed by atoms with Gasteiger partial charge in [-0.1, -0.05) is 48.2 Å². The number of fused-ring (bicyclic) bond motifs is 1. The predicted molar refractivity (Wildman–Crippen MR) is 105 cm³/mol. The molecule has 1 heterocycles. The maximum Gasteiger partial charge on any atom is 0.261 e. The average Bonchev–Trinajstić information content (AvgIpc) is 2.71. The molecular formula is C22H20N2O3. The molecule has 0 saturated heterocycles. The van der Waals surface area contributed by atoms with Crippen LogP contribution in [-0.2, 0) is 4.79 Å². The maximum atomic E-state index is 12.0. The summed E-state index contributed by atoms with van der Waals surface area (Å²) in [6, 6.07) is 18.9. The number of rotatable bonds is 6. The number of ether oxygens (including phenoxy) is 2. The fraction of sp³-hybridized carbons (Fsp3) is 0.182. The van der Waals surface area contributed by atoms with Crippen molar-refractivity contribution in [3.63, 3.8) is 0 Å². The molecule has 0 radical (unpaired) electrons. The monoisotopic (exact) mass is 360 g/mol. The summed E-state index contributed by atoms with van der Waals surface area (Å²) in [6.07, 6.45) is 1.14. The lowest BCUT2D eigenvalue weighted by atomic mass is 10.2. The summed E-state index contributed by atoms with van der Waals surface area (Å²) >= 11 is 0. The molecule has 27 heavy (non-hydrogen) atoms. The van der Waals surface area contributed by atoms with Crippen molar-refractivity contribution < 1.29 is 14.3 Å². The SMILES string of the molecule is CC(Oc1ccccc1)C(=O)NCC#CCOc1cccc2cccnc12. The van der Waals surface area contributed by atoms with Crippen molar-refractivity contribution in [3.8, 4) is 23.3 Å². The van der Waals surface area contributed by atoms with Crippen LogP contribution in [0, 0.1) is 11.8 Å². The Bertz CT molecular complexity index is 956. The van der Waals surface area contributed by atoms with Gasteiger partial charge in [0.05, 0.1) is 6.54 Å². The van der Waals surface area contributed by atoms with Crippen LogP contribution in [0.3, 0.4) is 0 Å². The Kier molecular flexibility index (Phi) is 6.26. The van der Waals surface area contributed by atoms with Crippen LogP contribution < -0.4 is 14.8 Å². The summed E-state index contributed by atoms with van der Waals surface area (Å²) in [6.45, 7) is 2.16. The molecule has 2 aromatic carbocycles. The quantitative estimate of drug-likeness (QED) is 0.686. The van der Waals surface area contributed by atoms with E-state index in [0.717, 1.165) is 10.9 Å². The Labute approximate surface area is 158 Å². The number of carbonyl (C=O) groups is 1. The molecule has 1 unspecified atom stereocenters. The van der Waals surface area contributed by atoms with E-state index in [4.69, 9.17) is 9.47 Å². The highest BCUT2D eigenvalue weighted by Crippen LogP contribution is 2.22. The highest BCUT2D eigenvalue weighted by molar-refractivity contribution is 5.84. The molecule has 0 spiro atoms. The van der Waals surface area contributed by atoms with E-state index in [1.54, 1.807) is 13.1 Å². The van der Waals surface area contributed by atoms with Crippen molar-refractivity contribution in [1.82, 2.24) is 10.3 Å². The first kappa shape index (κ1) is 18.3. The molecule has 1 aromatic heterocycles. The van der Waals surface area contributed by atoms with Gasteiger partial charge in [-0.2, -0.15) is 0 Å². The molecule has 0 aliphatic rings. The number of nitrogens with zero attached hydrogens (tertiary/aromatic N) is 1. The van der Waals surface area contributed by atoms with Gasteiger partial charge in [0.15, 0.2) is 6.10 Å². The number of hydrogen-bond donors (Lipinski definition) is 1. The summed E-state index contributed by atoms with van der Waals surface area (Å²) in [5.74, 6) is 6.89. The first-order valence-electron chi connectivity index (χ1n) is 8.66. The summed E-state index contributed by atoms with van der Waals surface area (Å²) in [5.41, 5.74) is 0.807. The van der Waals surface area contributed by atoms with E-state index in [9.17, 15) is 4.79 Å². The van der Waals surface area contributed by atoms with Gasteiger partial charge < -0.3 is 14.8 Å². The number of amides is 1. The second-order valence-corrected chi connectivity index (χ2v) is 5.76. The van der Waals surface area contributed by atoms with Crippen LogP contribution in [0.25, 0.3) is 10.9 Å². The largest absolute Gasteiger partial charge is 0.481 e. The minimum atomic E-state index is -0.591. The van der Waals surface area contributed by atoms with Gasteiger partial charge in [0.25, 0.3) is 5.91 Å². The molecule has 0 bridgehead atoms. The third kappa shape index (κ3) is 5.23. The number of nitrogens with one attached hydrogen (secondary N) is 1. The number of carbonyl (C=O) groups excluding carboxylic acids is 1. The Hall–Kier alpha value is -3.52. The molecule has 1 N–H and O–H groups in total. The van der Waals surface area contributed by atoms with Gasteiger partial charge in [0.1, 0.15) is 23.6 Å². The minimum absolute atomic E-state index is 0.215. The third-order valence-corrected chi connectivity index (χ3v) is 3.80. The normalized spacial score (nSPS) is 11.1. The molecule has 5 nitrogen and oxygen atoms in total. The lowest BCUT2D eigenvalue weighted by Crippen LogP contribution is -2.36. The van der Waals surface area contributed by atoms with Gasteiger partial charge in [-0.25, -0.2) is 0 Å². The Balaban J connectivity index is 1.43. The van der Waals surface area contributed by atoms with Gasteiger partial charge in [0, 0.05) is 11.6 Å². The second kappa shape index (κ2) is 9.25. The standard InChI is InChI=1S/C22H20N2O3/c1-17(27-19-11-3-2-4-12-19)22(25)24-14-5-6-16-26-20-13-7-9-18-10-8-15-23-21(18)20/h2-4,7-13,15,17H,14,16H2,1H3,(H,24,25). The number of hydrogen-bond acceptors (Lipinski definition) is 4. The van der Waals surface area contributed by atoms with Crippen LogP contribution in [0.1, 0.15) is 6.92 Å². The number of benzene rings is 2. The van der Waals surface area contributed by atoms with E-state index in [1.807, 2.05) is 60.7 Å². The topological polar surface area (TPSA) is 60.5 Å². The zero-order chi connectivity index (χ0) is 18.9. The van der Waals surface area contributed by atoms with Gasteiger partial charge in [-0.05, 0) is 31.2 Å². The van der Waals surface area contributed by atoms with Crippen LogP contribution in [0.2, 0.25) is 0 Å². The average molecular weight is 360 g/mol. The van der Waals surface area contributed by atoms with Crippen LogP contribution in [0.5, 0.6) is 11.5 Å². The number of pyridine rings is 1. The lowest BCUT2D eigenvalue weighted by Gasteiger charge is -2.13. The van der Waals surface area contributed by atoms with Crippen molar-refractivity contribution in [2.75, 3.05) is 13.2 Å². The van der Waals surface area contributed by atoms with Crippen molar-refractivity contribution in [1.29, 1.82) is 0 Å². The molecule has 3 aromatic rings. The minimum Gasteiger partial charge on any atom is -0.481 e. The van der Waals surface area contributed by atoms with Crippen LogP contribution >= 0.6 is 0 Å². The van der Waals surface area contributed by atoms with Crippen molar-refractivity contribution in [2.45, 2.75) is 13.0 Å². The van der Waals surface area contributed by atoms with Gasteiger partial charge in [-0.3, -0.25) is 9.78 Å². The molecule has 136 valence electrons. The Morgan fingerprint density at radius 3 is 2.74 bits per heavy atom. The Morgan fingerprint density at radius 1 is 1.07 bits per heavy atom. The third-order valence-electron chi connectivity index (χ3n) is 3.80. The second-order valence-electron chi connectivity index (χ2n) is 5.76. The van der Waals surface area contributed by atoms with E-state index in [1.165, 1.54) is 0 Å². The zero-order valence-corrected chi connectivity index (χ0v) is 15.0. The fourth-order valence-corrected chi connectivity index (χ4v) is 2.45. The molecule has 1 amide bonds. The first-order valence-corrected chi connectivity index (χ1v) is 8.66. The number of aromatic nitrogens is 1.